The Labute approximate surface area is 84.7 Å². The summed E-state index contributed by atoms with van der Waals surface area (Å²) in [7, 11) is 1.92. The normalized spacial score (nSPS) is 10.9. The van der Waals surface area contributed by atoms with Crippen LogP contribution in [-0.4, -0.2) is 17.2 Å². The SMILES string of the molecule is CNCc1[nH]nc2ccc(Br)cc12. The molecule has 2 N–H and O–H groups in total. The fourth-order valence-electron chi connectivity index (χ4n) is 1.35. The van der Waals surface area contributed by atoms with E-state index < -0.39 is 0 Å². The van der Waals surface area contributed by atoms with Crippen molar-refractivity contribution in [3.05, 3.63) is 28.4 Å². The van der Waals surface area contributed by atoms with Crippen molar-refractivity contribution in [3.63, 3.8) is 0 Å². The van der Waals surface area contributed by atoms with Crippen LogP contribution in [-0.2, 0) is 6.54 Å². The van der Waals surface area contributed by atoms with Crippen LogP contribution in [0.4, 0.5) is 0 Å². The van der Waals surface area contributed by atoms with Crippen molar-refractivity contribution in [1.82, 2.24) is 15.5 Å². The second-order valence-corrected chi connectivity index (χ2v) is 3.81. The standard InChI is InChI=1S/C9H10BrN3/c1-11-5-9-7-4-6(10)2-3-8(7)12-13-9/h2-4,11H,5H2,1H3,(H,12,13). The van der Waals surface area contributed by atoms with E-state index in [4.69, 9.17) is 0 Å². The molecular weight excluding hydrogens is 230 g/mol. The van der Waals surface area contributed by atoms with Crippen molar-refractivity contribution < 1.29 is 0 Å². The molecule has 0 spiro atoms. The van der Waals surface area contributed by atoms with Crippen molar-refractivity contribution in [2.45, 2.75) is 6.54 Å². The number of fused-ring (bicyclic) bond motifs is 1. The third kappa shape index (κ3) is 1.59. The number of aromatic nitrogens is 2. The summed E-state index contributed by atoms with van der Waals surface area (Å²) in [6, 6.07) is 6.06. The number of nitrogens with zero attached hydrogens (tertiary/aromatic N) is 1. The first-order chi connectivity index (χ1) is 6.31. The summed E-state index contributed by atoms with van der Waals surface area (Å²) in [6.07, 6.45) is 0. The monoisotopic (exact) mass is 239 g/mol. The van der Waals surface area contributed by atoms with E-state index >= 15 is 0 Å². The maximum absolute atomic E-state index is 4.19. The fourth-order valence-corrected chi connectivity index (χ4v) is 1.71. The predicted octanol–water partition coefficient (Wildman–Crippen LogP) is 2.04. The number of aromatic amines is 1. The minimum absolute atomic E-state index is 0.812. The second kappa shape index (κ2) is 3.47. The lowest BCUT2D eigenvalue weighted by Crippen LogP contribution is -2.05. The number of H-pyrrole nitrogens is 1. The number of hydrogen-bond donors (Lipinski definition) is 2. The van der Waals surface area contributed by atoms with Crippen LogP contribution < -0.4 is 5.32 Å². The van der Waals surface area contributed by atoms with E-state index in [1.165, 1.54) is 5.39 Å². The highest BCUT2D eigenvalue weighted by Gasteiger charge is 2.03. The maximum atomic E-state index is 4.19. The molecule has 1 aromatic heterocycles. The predicted molar refractivity (Wildman–Crippen MR) is 56.6 cm³/mol. The number of nitrogens with one attached hydrogen (secondary N) is 2. The molecule has 3 nitrogen and oxygen atoms in total. The first-order valence-corrected chi connectivity index (χ1v) is 4.87. The molecule has 2 aromatic rings. The van der Waals surface area contributed by atoms with Crippen LogP contribution in [0.2, 0.25) is 0 Å². The minimum Gasteiger partial charge on any atom is -0.314 e. The molecule has 0 radical (unpaired) electrons. The van der Waals surface area contributed by atoms with Gasteiger partial charge in [-0.3, -0.25) is 5.10 Å². The van der Waals surface area contributed by atoms with Gasteiger partial charge in [0.15, 0.2) is 0 Å². The molecular formula is C9H10BrN3. The molecule has 0 fully saturated rings. The van der Waals surface area contributed by atoms with Crippen LogP contribution in [0.1, 0.15) is 5.69 Å². The molecule has 1 aromatic carbocycles. The molecule has 2 rings (SSSR count). The summed E-state index contributed by atoms with van der Waals surface area (Å²) in [5.74, 6) is 0. The van der Waals surface area contributed by atoms with Crippen molar-refractivity contribution >= 4 is 26.8 Å². The molecule has 0 bridgehead atoms. The molecule has 0 aliphatic rings. The van der Waals surface area contributed by atoms with Gasteiger partial charge in [0.1, 0.15) is 0 Å². The van der Waals surface area contributed by atoms with E-state index in [1.54, 1.807) is 0 Å². The first-order valence-electron chi connectivity index (χ1n) is 4.08. The van der Waals surface area contributed by atoms with Crippen LogP contribution in [0.5, 0.6) is 0 Å². The zero-order chi connectivity index (χ0) is 9.26. The zero-order valence-electron chi connectivity index (χ0n) is 7.26. The largest absolute Gasteiger partial charge is 0.314 e. The second-order valence-electron chi connectivity index (χ2n) is 2.89. The molecule has 0 saturated carbocycles. The molecule has 68 valence electrons. The van der Waals surface area contributed by atoms with Gasteiger partial charge >= 0.3 is 0 Å². The van der Waals surface area contributed by atoms with Crippen LogP contribution in [0, 0.1) is 0 Å². The molecule has 0 saturated heterocycles. The molecule has 4 heteroatoms. The number of halogens is 1. The molecule has 0 aliphatic carbocycles. The highest BCUT2D eigenvalue weighted by atomic mass is 79.9. The van der Waals surface area contributed by atoms with Crippen LogP contribution in [0.25, 0.3) is 10.9 Å². The van der Waals surface area contributed by atoms with E-state index in [0.717, 1.165) is 22.2 Å². The Kier molecular flexibility index (Phi) is 2.33. The molecule has 0 atom stereocenters. The van der Waals surface area contributed by atoms with Gasteiger partial charge in [0.05, 0.1) is 11.2 Å². The van der Waals surface area contributed by atoms with E-state index in [9.17, 15) is 0 Å². The minimum atomic E-state index is 0.812. The summed E-state index contributed by atoms with van der Waals surface area (Å²) in [5.41, 5.74) is 2.13. The lowest BCUT2D eigenvalue weighted by Gasteiger charge is -1.96. The van der Waals surface area contributed by atoms with Crippen LogP contribution >= 0.6 is 15.9 Å². The third-order valence-electron chi connectivity index (χ3n) is 1.95. The average molecular weight is 240 g/mol. The van der Waals surface area contributed by atoms with Gasteiger partial charge in [-0.1, -0.05) is 15.9 Å². The van der Waals surface area contributed by atoms with Crippen LogP contribution in [0.3, 0.4) is 0 Å². The van der Waals surface area contributed by atoms with Gasteiger partial charge < -0.3 is 5.32 Å². The first kappa shape index (κ1) is 8.72. The number of rotatable bonds is 2. The van der Waals surface area contributed by atoms with Crippen molar-refractivity contribution in [3.8, 4) is 0 Å². The maximum Gasteiger partial charge on any atom is 0.0925 e. The Balaban J connectivity index is 2.58. The topological polar surface area (TPSA) is 40.7 Å². The molecule has 0 unspecified atom stereocenters. The van der Waals surface area contributed by atoms with Crippen molar-refractivity contribution in [2.75, 3.05) is 7.05 Å². The summed E-state index contributed by atoms with van der Waals surface area (Å²) < 4.78 is 1.08. The quantitative estimate of drug-likeness (QED) is 0.843. The number of benzene rings is 1. The van der Waals surface area contributed by atoms with Gasteiger partial charge in [-0.15, -0.1) is 0 Å². The Hall–Kier alpha value is -0.870. The lowest BCUT2D eigenvalue weighted by molar-refractivity contribution is 0.789. The van der Waals surface area contributed by atoms with Crippen molar-refractivity contribution in [2.24, 2.45) is 0 Å². The summed E-state index contributed by atoms with van der Waals surface area (Å²) in [5, 5.41) is 11.5. The Morgan fingerprint density at radius 1 is 1.54 bits per heavy atom. The third-order valence-corrected chi connectivity index (χ3v) is 2.44. The summed E-state index contributed by atoms with van der Waals surface area (Å²) >= 11 is 3.44. The van der Waals surface area contributed by atoms with Gasteiger partial charge in [0, 0.05) is 16.4 Å². The molecule has 13 heavy (non-hydrogen) atoms. The summed E-state index contributed by atoms with van der Waals surface area (Å²) in [6.45, 7) is 0.812. The van der Waals surface area contributed by atoms with E-state index in [-0.39, 0.29) is 0 Å². The van der Waals surface area contributed by atoms with Crippen molar-refractivity contribution in [1.29, 1.82) is 0 Å². The zero-order valence-corrected chi connectivity index (χ0v) is 8.85. The van der Waals surface area contributed by atoms with Gasteiger partial charge in [0.2, 0.25) is 0 Å². The smallest absolute Gasteiger partial charge is 0.0925 e. The molecule has 1 heterocycles. The van der Waals surface area contributed by atoms with Gasteiger partial charge in [0.25, 0.3) is 0 Å². The highest BCUT2D eigenvalue weighted by Crippen LogP contribution is 2.20. The van der Waals surface area contributed by atoms with Crippen LogP contribution in [0.15, 0.2) is 22.7 Å². The summed E-state index contributed by atoms with van der Waals surface area (Å²) in [4.78, 5) is 0. The van der Waals surface area contributed by atoms with Gasteiger partial charge in [-0.05, 0) is 25.2 Å². The fraction of sp³-hybridized carbons (Fsp3) is 0.222. The Morgan fingerprint density at radius 2 is 2.38 bits per heavy atom. The van der Waals surface area contributed by atoms with E-state index in [0.29, 0.717) is 0 Å². The molecule has 0 amide bonds. The highest BCUT2D eigenvalue weighted by molar-refractivity contribution is 9.10. The van der Waals surface area contributed by atoms with Gasteiger partial charge in [-0.2, -0.15) is 5.10 Å². The lowest BCUT2D eigenvalue weighted by atomic mass is 10.2. The molecule has 0 aliphatic heterocycles. The van der Waals surface area contributed by atoms with E-state index in [2.05, 4.69) is 37.5 Å². The Morgan fingerprint density at radius 3 is 3.15 bits per heavy atom. The average Bonchev–Trinajstić information content (AvgIpc) is 2.49. The van der Waals surface area contributed by atoms with E-state index in [1.807, 2.05) is 19.2 Å². The van der Waals surface area contributed by atoms with Gasteiger partial charge in [-0.25, -0.2) is 0 Å². The Bertz CT molecular complexity index is 422. The number of hydrogen-bond acceptors (Lipinski definition) is 2.